The molecule has 0 aromatic heterocycles. The van der Waals surface area contributed by atoms with Crippen LogP contribution in [0.2, 0.25) is 0 Å². The number of aliphatic hydroxyl groups excluding tert-OH is 1. The van der Waals surface area contributed by atoms with Crippen LogP contribution in [0.5, 0.6) is 0 Å². The fraction of sp³-hybridized carbons (Fsp3) is 1.00. The predicted molar refractivity (Wildman–Crippen MR) is 47.7 cm³/mol. The Bertz CT molecular complexity index is 95.8. The second-order valence-corrected chi connectivity index (χ2v) is 2.71. The summed E-state index contributed by atoms with van der Waals surface area (Å²) in [5.74, 6) is 0. The first kappa shape index (κ1) is 11.9. The Morgan fingerprint density at radius 2 is 1.83 bits per heavy atom. The summed E-state index contributed by atoms with van der Waals surface area (Å²) in [5, 5.41) is 9.16. The standard InChI is InChI=1S/C9H20O3/c1-4-7-11-9(6-3)12-8(10)5-2/h8-10H,4-7H2,1-3H3. The molecular weight excluding hydrogens is 156 g/mol. The Morgan fingerprint density at radius 1 is 1.17 bits per heavy atom. The van der Waals surface area contributed by atoms with Crippen molar-refractivity contribution in [2.24, 2.45) is 0 Å². The molecule has 0 amide bonds. The summed E-state index contributed by atoms with van der Waals surface area (Å²) < 4.78 is 10.5. The summed E-state index contributed by atoms with van der Waals surface area (Å²) in [4.78, 5) is 0. The second kappa shape index (κ2) is 7.53. The van der Waals surface area contributed by atoms with Gasteiger partial charge < -0.3 is 14.6 Å². The van der Waals surface area contributed by atoms with Crippen molar-refractivity contribution >= 4 is 0 Å². The summed E-state index contributed by atoms with van der Waals surface area (Å²) in [6.07, 6.45) is 1.41. The molecule has 74 valence electrons. The van der Waals surface area contributed by atoms with Gasteiger partial charge in [-0.3, -0.25) is 0 Å². The quantitative estimate of drug-likeness (QED) is 0.602. The SMILES string of the molecule is CCCOC(CC)OC(O)CC. The summed E-state index contributed by atoms with van der Waals surface area (Å²) in [7, 11) is 0. The van der Waals surface area contributed by atoms with Gasteiger partial charge in [0.05, 0.1) is 0 Å². The molecule has 3 nitrogen and oxygen atoms in total. The summed E-state index contributed by atoms with van der Waals surface area (Å²) in [6, 6.07) is 0. The summed E-state index contributed by atoms with van der Waals surface area (Å²) >= 11 is 0. The smallest absolute Gasteiger partial charge is 0.160 e. The zero-order chi connectivity index (χ0) is 9.40. The van der Waals surface area contributed by atoms with Crippen LogP contribution in [0.4, 0.5) is 0 Å². The van der Waals surface area contributed by atoms with E-state index < -0.39 is 6.29 Å². The van der Waals surface area contributed by atoms with Crippen molar-refractivity contribution < 1.29 is 14.6 Å². The Kier molecular flexibility index (Phi) is 7.45. The molecule has 0 rings (SSSR count). The molecule has 0 aliphatic rings. The largest absolute Gasteiger partial charge is 0.368 e. The van der Waals surface area contributed by atoms with Gasteiger partial charge in [-0.1, -0.05) is 20.8 Å². The van der Waals surface area contributed by atoms with Crippen LogP contribution in [0.3, 0.4) is 0 Å². The number of hydrogen-bond donors (Lipinski definition) is 1. The average Bonchev–Trinajstić information content (AvgIpc) is 2.11. The molecular formula is C9H20O3. The highest BCUT2D eigenvalue weighted by Crippen LogP contribution is 2.05. The van der Waals surface area contributed by atoms with E-state index in [1.54, 1.807) is 0 Å². The minimum Gasteiger partial charge on any atom is -0.368 e. The molecule has 2 unspecified atom stereocenters. The minimum atomic E-state index is -0.688. The number of aliphatic hydroxyl groups is 1. The Hall–Kier alpha value is -0.120. The highest BCUT2D eigenvalue weighted by atomic mass is 16.7. The third-order valence-corrected chi connectivity index (χ3v) is 1.50. The number of rotatable bonds is 7. The number of hydrogen-bond acceptors (Lipinski definition) is 3. The molecule has 0 aliphatic heterocycles. The summed E-state index contributed by atoms with van der Waals surface area (Å²) in [5.41, 5.74) is 0. The van der Waals surface area contributed by atoms with E-state index in [0.29, 0.717) is 13.0 Å². The van der Waals surface area contributed by atoms with E-state index in [-0.39, 0.29) is 6.29 Å². The molecule has 0 heterocycles. The van der Waals surface area contributed by atoms with Crippen molar-refractivity contribution in [3.8, 4) is 0 Å². The van der Waals surface area contributed by atoms with Crippen LogP contribution in [0, 0.1) is 0 Å². The molecule has 2 atom stereocenters. The molecule has 0 bridgehead atoms. The van der Waals surface area contributed by atoms with Gasteiger partial charge in [-0.2, -0.15) is 0 Å². The van der Waals surface area contributed by atoms with Crippen LogP contribution in [-0.4, -0.2) is 24.3 Å². The Morgan fingerprint density at radius 3 is 2.25 bits per heavy atom. The number of ether oxygens (including phenoxy) is 2. The molecule has 0 saturated heterocycles. The lowest BCUT2D eigenvalue weighted by Crippen LogP contribution is -2.23. The third-order valence-electron chi connectivity index (χ3n) is 1.50. The average molecular weight is 176 g/mol. The fourth-order valence-electron chi connectivity index (χ4n) is 0.774. The lowest BCUT2D eigenvalue weighted by Gasteiger charge is -2.19. The van der Waals surface area contributed by atoms with E-state index in [0.717, 1.165) is 12.8 Å². The van der Waals surface area contributed by atoms with Gasteiger partial charge in [0.1, 0.15) is 0 Å². The maximum absolute atomic E-state index is 9.16. The highest BCUT2D eigenvalue weighted by molar-refractivity contribution is 4.42. The van der Waals surface area contributed by atoms with Crippen molar-refractivity contribution in [1.82, 2.24) is 0 Å². The topological polar surface area (TPSA) is 38.7 Å². The van der Waals surface area contributed by atoms with E-state index >= 15 is 0 Å². The normalized spacial score (nSPS) is 16.0. The first-order chi connectivity index (χ1) is 5.74. The minimum absolute atomic E-state index is 0.250. The van der Waals surface area contributed by atoms with E-state index in [1.165, 1.54) is 0 Å². The first-order valence-electron chi connectivity index (χ1n) is 4.69. The molecule has 0 saturated carbocycles. The lowest BCUT2D eigenvalue weighted by molar-refractivity contribution is -0.229. The maximum atomic E-state index is 9.16. The monoisotopic (exact) mass is 176 g/mol. The summed E-state index contributed by atoms with van der Waals surface area (Å²) in [6.45, 7) is 6.58. The van der Waals surface area contributed by atoms with Crippen LogP contribution >= 0.6 is 0 Å². The van der Waals surface area contributed by atoms with Crippen molar-refractivity contribution in [2.45, 2.75) is 52.6 Å². The van der Waals surface area contributed by atoms with E-state index in [4.69, 9.17) is 14.6 Å². The fourth-order valence-corrected chi connectivity index (χ4v) is 0.774. The first-order valence-corrected chi connectivity index (χ1v) is 4.69. The molecule has 0 fully saturated rings. The molecule has 0 aromatic rings. The van der Waals surface area contributed by atoms with Crippen molar-refractivity contribution in [3.63, 3.8) is 0 Å². The van der Waals surface area contributed by atoms with Gasteiger partial charge in [-0.25, -0.2) is 0 Å². The highest BCUT2D eigenvalue weighted by Gasteiger charge is 2.10. The van der Waals surface area contributed by atoms with Crippen LogP contribution < -0.4 is 0 Å². The van der Waals surface area contributed by atoms with Crippen LogP contribution in [0.1, 0.15) is 40.0 Å². The zero-order valence-corrected chi connectivity index (χ0v) is 8.25. The molecule has 0 aromatic carbocycles. The van der Waals surface area contributed by atoms with Crippen molar-refractivity contribution in [2.75, 3.05) is 6.61 Å². The third kappa shape index (κ3) is 5.52. The zero-order valence-electron chi connectivity index (χ0n) is 8.25. The Balaban J connectivity index is 3.51. The van der Waals surface area contributed by atoms with Gasteiger partial charge in [0.2, 0.25) is 0 Å². The molecule has 3 heteroatoms. The molecule has 0 aliphatic carbocycles. The van der Waals surface area contributed by atoms with E-state index in [9.17, 15) is 0 Å². The van der Waals surface area contributed by atoms with Gasteiger partial charge in [-0.05, 0) is 19.3 Å². The molecule has 1 N–H and O–H groups in total. The van der Waals surface area contributed by atoms with E-state index in [2.05, 4.69) is 0 Å². The van der Waals surface area contributed by atoms with Gasteiger partial charge >= 0.3 is 0 Å². The van der Waals surface area contributed by atoms with Gasteiger partial charge in [0.15, 0.2) is 12.6 Å². The van der Waals surface area contributed by atoms with Crippen molar-refractivity contribution in [1.29, 1.82) is 0 Å². The van der Waals surface area contributed by atoms with Crippen molar-refractivity contribution in [3.05, 3.63) is 0 Å². The Labute approximate surface area is 74.7 Å². The molecule has 0 radical (unpaired) electrons. The van der Waals surface area contributed by atoms with Gasteiger partial charge in [0.25, 0.3) is 0 Å². The molecule has 0 spiro atoms. The van der Waals surface area contributed by atoms with Crippen LogP contribution in [-0.2, 0) is 9.47 Å². The van der Waals surface area contributed by atoms with E-state index in [1.807, 2.05) is 20.8 Å². The van der Waals surface area contributed by atoms with Gasteiger partial charge in [0, 0.05) is 6.61 Å². The lowest BCUT2D eigenvalue weighted by atomic mass is 10.4. The second-order valence-electron chi connectivity index (χ2n) is 2.71. The van der Waals surface area contributed by atoms with Crippen LogP contribution in [0.15, 0.2) is 0 Å². The molecule has 12 heavy (non-hydrogen) atoms. The maximum Gasteiger partial charge on any atom is 0.160 e. The van der Waals surface area contributed by atoms with Gasteiger partial charge in [-0.15, -0.1) is 0 Å². The predicted octanol–water partition coefficient (Wildman–Crippen LogP) is 1.89. The van der Waals surface area contributed by atoms with Crippen LogP contribution in [0.25, 0.3) is 0 Å².